The predicted molar refractivity (Wildman–Crippen MR) is 117 cm³/mol. The largest absolute Gasteiger partial charge is 0.357 e. The zero-order chi connectivity index (χ0) is 17.6. The van der Waals surface area contributed by atoms with Gasteiger partial charge in [0, 0.05) is 39.1 Å². The molecule has 148 valence electrons. The number of hydrogen-bond donors (Lipinski definition) is 2. The molecule has 25 heavy (non-hydrogen) atoms. The summed E-state index contributed by atoms with van der Waals surface area (Å²) in [6.45, 7) is 14.3. The summed E-state index contributed by atoms with van der Waals surface area (Å²) in [5.41, 5.74) is 0. The number of unbranched alkanes of at least 4 members (excludes halogenated alkanes) is 1. The minimum Gasteiger partial charge on any atom is -0.357 e. The van der Waals surface area contributed by atoms with Crippen molar-refractivity contribution in [2.75, 3.05) is 52.4 Å². The molecule has 0 unspecified atom stereocenters. The fourth-order valence-electron chi connectivity index (χ4n) is 2.94. The fourth-order valence-corrected chi connectivity index (χ4v) is 2.94. The Morgan fingerprint density at radius 2 is 1.92 bits per heavy atom. The SMILES string of the molecule is CCNC(=NCCCN1CCCC1=O)NCCCCN(CC)CC.I. The van der Waals surface area contributed by atoms with Crippen LogP contribution in [0.2, 0.25) is 0 Å². The molecule has 7 heteroatoms. The summed E-state index contributed by atoms with van der Waals surface area (Å²) in [5.74, 6) is 1.20. The van der Waals surface area contributed by atoms with E-state index >= 15 is 0 Å². The molecule has 0 atom stereocenters. The van der Waals surface area contributed by atoms with Gasteiger partial charge in [-0.1, -0.05) is 13.8 Å². The van der Waals surface area contributed by atoms with E-state index < -0.39 is 0 Å². The first-order chi connectivity index (χ1) is 11.7. The summed E-state index contributed by atoms with van der Waals surface area (Å²) in [7, 11) is 0. The van der Waals surface area contributed by atoms with Gasteiger partial charge in [-0.05, 0) is 52.2 Å². The molecule has 0 aromatic heterocycles. The number of halogens is 1. The van der Waals surface area contributed by atoms with Crippen LogP contribution in [0, 0.1) is 0 Å². The first kappa shape index (κ1) is 24.4. The smallest absolute Gasteiger partial charge is 0.222 e. The zero-order valence-electron chi connectivity index (χ0n) is 16.4. The molecule has 0 spiro atoms. The first-order valence-corrected chi connectivity index (χ1v) is 9.73. The minimum atomic E-state index is 0. The van der Waals surface area contributed by atoms with Crippen molar-refractivity contribution in [3.63, 3.8) is 0 Å². The van der Waals surface area contributed by atoms with Crippen LogP contribution in [0.3, 0.4) is 0 Å². The van der Waals surface area contributed by atoms with Crippen LogP contribution in [0.1, 0.15) is 52.9 Å². The maximum absolute atomic E-state index is 11.6. The standard InChI is InChI=1S/C18H37N5O.HI/c1-4-19-18(20-12-7-8-14-22(5-2)6-3)21-13-10-16-23-15-9-11-17(23)24;/h4-16H2,1-3H3,(H2,19,20,21);1H. The molecule has 0 saturated carbocycles. The number of nitrogens with one attached hydrogen (secondary N) is 2. The number of amides is 1. The van der Waals surface area contributed by atoms with Gasteiger partial charge in [-0.25, -0.2) is 0 Å². The molecule has 1 heterocycles. The van der Waals surface area contributed by atoms with Crippen LogP contribution in [0.4, 0.5) is 0 Å². The molecular formula is C18H38IN5O. The molecular weight excluding hydrogens is 429 g/mol. The lowest BCUT2D eigenvalue weighted by Crippen LogP contribution is -2.38. The lowest BCUT2D eigenvalue weighted by Gasteiger charge is -2.18. The number of carbonyl (C=O) groups excluding carboxylic acids is 1. The topological polar surface area (TPSA) is 60.0 Å². The van der Waals surface area contributed by atoms with Crippen molar-refractivity contribution in [2.45, 2.75) is 52.9 Å². The number of nitrogens with zero attached hydrogens (tertiary/aromatic N) is 3. The Hall–Kier alpha value is -0.570. The van der Waals surface area contributed by atoms with Gasteiger partial charge >= 0.3 is 0 Å². The van der Waals surface area contributed by atoms with Gasteiger partial charge in [0.25, 0.3) is 0 Å². The van der Waals surface area contributed by atoms with E-state index in [9.17, 15) is 4.79 Å². The molecule has 2 N–H and O–H groups in total. The lowest BCUT2D eigenvalue weighted by atomic mass is 10.3. The van der Waals surface area contributed by atoms with Crippen LogP contribution in [0.5, 0.6) is 0 Å². The highest BCUT2D eigenvalue weighted by atomic mass is 127. The number of rotatable bonds is 12. The minimum absolute atomic E-state index is 0. The Balaban J connectivity index is 0.00000576. The van der Waals surface area contributed by atoms with Crippen molar-refractivity contribution in [1.29, 1.82) is 0 Å². The Bertz CT molecular complexity index is 374. The van der Waals surface area contributed by atoms with Gasteiger partial charge in [0.2, 0.25) is 5.91 Å². The Kier molecular flexibility index (Phi) is 15.3. The molecule has 1 fully saturated rings. The predicted octanol–water partition coefficient (Wildman–Crippen LogP) is 2.29. The van der Waals surface area contributed by atoms with E-state index in [2.05, 4.69) is 41.3 Å². The van der Waals surface area contributed by atoms with Gasteiger partial charge in [0.15, 0.2) is 5.96 Å². The number of likely N-dealkylation sites (tertiary alicyclic amines) is 1. The van der Waals surface area contributed by atoms with Gasteiger partial charge in [0.1, 0.15) is 0 Å². The van der Waals surface area contributed by atoms with Crippen molar-refractivity contribution in [1.82, 2.24) is 20.4 Å². The second-order valence-corrected chi connectivity index (χ2v) is 6.26. The lowest BCUT2D eigenvalue weighted by molar-refractivity contribution is -0.127. The van der Waals surface area contributed by atoms with Crippen molar-refractivity contribution < 1.29 is 4.79 Å². The van der Waals surface area contributed by atoms with Crippen LogP contribution in [-0.2, 0) is 4.79 Å². The van der Waals surface area contributed by atoms with Gasteiger partial charge in [0.05, 0.1) is 0 Å². The molecule has 0 radical (unpaired) electrons. The second kappa shape index (κ2) is 15.7. The number of hydrogen-bond acceptors (Lipinski definition) is 3. The average Bonchev–Trinajstić information content (AvgIpc) is 2.99. The summed E-state index contributed by atoms with van der Waals surface area (Å²) in [4.78, 5) is 20.6. The molecule has 1 aliphatic heterocycles. The van der Waals surface area contributed by atoms with Gasteiger partial charge in [-0.3, -0.25) is 9.79 Å². The molecule has 0 aliphatic carbocycles. The summed E-state index contributed by atoms with van der Waals surface area (Å²) in [5, 5.41) is 6.70. The summed E-state index contributed by atoms with van der Waals surface area (Å²) < 4.78 is 0. The van der Waals surface area contributed by atoms with Crippen molar-refractivity contribution in [3.05, 3.63) is 0 Å². The highest BCUT2D eigenvalue weighted by molar-refractivity contribution is 14.0. The average molecular weight is 467 g/mol. The molecule has 6 nitrogen and oxygen atoms in total. The van der Waals surface area contributed by atoms with Crippen molar-refractivity contribution >= 4 is 35.8 Å². The third-order valence-electron chi connectivity index (χ3n) is 4.46. The molecule has 0 aromatic rings. The quantitative estimate of drug-likeness (QED) is 0.200. The molecule has 0 aromatic carbocycles. The van der Waals surface area contributed by atoms with Gasteiger partial charge < -0.3 is 20.4 Å². The zero-order valence-corrected chi connectivity index (χ0v) is 18.7. The van der Waals surface area contributed by atoms with Gasteiger partial charge in [-0.2, -0.15) is 0 Å². The van der Waals surface area contributed by atoms with E-state index in [1.807, 2.05) is 4.90 Å². The van der Waals surface area contributed by atoms with E-state index in [-0.39, 0.29) is 24.0 Å². The summed E-state index contributed by atoms with van der Waals surface area (Å²) in [6.07, 6.45) is 5.04. The summed E-state index contributed by atoms with van der Waals surface area (Å²) in [6, 6.07) is 0. The Labute approximate surface area is 171 Å². The highest BCUT2D eigenvalue weighted by Gasteiger charge is 2.18. The maximum atomic E-state index is 11.6. The van der Waals surface area contributed by atoms with Gasteiger partial charge in [-0.15, -0.1) is 24.0 Å². The normalized spacial score (nSPS) is 14.8. The van der Waals surface area contributed by atoms with Crippen molar-refractivity contribution in [2.24, 2.45) is 4.99 Å². The van der Waals surface area contributed by atoms with Crippen LogP contribution in [0.25, 0.3) is 0 Å². The number of carbonyl (C=O) groups is 1. The van der Waals surface area contributed by atoms with Crippen LogP contribution in [-0.4, -0.2) is 74.0 Å². The van der Waals surface area contributed by atoms with E-state index in [0.717, 1.165) is 77.5 Å². The van der Waals surface area contributed by atoms with Crippen LogP contribution in [0.15, 0.2) is 4.99 Å². The van der Waals surface area contributed by atoms with E-state index in [4.69, 9.17) is 0 Å². The third kappa shape index (κ3) is 10.9. The van der Waals surface area contributed by atoms with E-state index in [0.29, 0.717) is 5.91 Å². The monoisotopic (exact) mass is 467 g/mol. The fraction of sp³-hybridized carbons (Fsp3) is 0.889. The molecule has 0 bridgehead atoms. The highest BCUT2D eigenvalue weighted by Crippen LogP contribution is 2.09. The third-order valence-corrected chi connectivity index (χ3v) is 4.46. The maximum Gasteiger partial charge on any atom is 0.222 e. The Morgan fingerprint density at radius 1 is 1.16 bits per heavy atom. The number of aliphatic imine (C=N–C) groups is 1. The second-order valence-electron chi connectivity index (χ2n) is 6.26. The van der Waals surface area contributed by atoms with E-state index in [1.54, 1.807) is 0 Å². The summed E-state index contributed by atoms with van der Waals surface area (Å²) >= 11 is 0. The van der Waals surface area contributed by atoms with Crippen LogP contribution >= 0.6 is 24.0 Å². The molecule has 1 saturated heterocycles. The first-order valence-electron chi connectivity index (χ1n) is 9.73. The molecule has 1 aliphatic rings. The van der Waals surface area contributed by atoms with Crippen molar-refractivity contribution in [3.8, 4) is 0 Å². The van der Waals surface area contributed by atoms with E-state index in [1.165, 1.54) is 13.0 Å². The molecule has 1 rings (SSSR count). The Morgan fingerprint density at radius 3 is 2.52 bits per heavy atom. The van der Waals surface area contributed by atoms with Crippen LogP contribution < -0.4 is 10.6 Å². The molecule has 1 amide bonds. The number of guanidine groups is 1.